The molecule has 0 aliphatic carbocycles. The average molecular weight is 263 g/mol. The Hall–Kier alpha value is -1.54. The maximum Gasteiger partial charge on any atom is 0.0704 e. The van der Waals surface area contributed by atoms with E-state index in [0.717, 1.165) is 22.3 Å². The molecule has 0 saturated heterocycles. The Bertz CT molecular complexity index is 514. The summed E-state index contributed by atoms with van der Waals surface area (Å²) in [6.07, 6.45) is 0. The van der Waals surface area contributed by atoms with Crippen molar-refractivity contribution in [3.8, 4) is 0 Å². The molecular weight excluding hydrogens is 244 g/mol. The van der Waals surface area contributed by atoms with Crippen LogP contribution in [0.15, 0.2) is 46.7 Å². The monoisotopic (exact) mass is 262 g/mol. The lowest BCUT2D eigenvalue weighted by atomic mass is 9.93. The molecule has 0 fully saturated rings. The highest BCUT2D eigenvalue weighted by Gasteiger charge is 2.13. The summed E-state index contributed by atoms with van der Waals surface area (Å²) in [5.41, 5.74) is 10.9. The molecule has 0 radical (unpaired) electrons. The molecule has 0 aromatic heterocycles. The topological polar surface area (TPSA) is 49.9 Å². The van der Waals surface area contributed by atoms with Crippen molar-refractivity contribution in [1.29, 1.82) is 5.41 Å². The van der Waals surface area contributed by atoms with Gasteiger partial charge in [-0.1, -0.05) is 29.3 Å². The molecule has 3 heteroatoms. The first-order valence-electron chi connectivity index (χ1n) is 5.80. The molecule has 0 amide bonds. The summed E-state index contributed by atoms with van der Waals surface area (Å²) in [5.74, 6) is 0. The number of hydrogen-bond donors (Lipinski definition) is 2. The minimum Gasteiger partial charge on any atom is -0.402 e. The third-order valence-corrected chi connectivity index (χ3v) is 3.15. The molecule has 0 unspecified atom stereocenters. The van der Waals surface area contributed by atoms with E-state index in [9.17, 15) is 0 Å². The van der Waals surface area contributed by atoms with Crippen molar-refractivity contribution in [2.24, 2.45) is 5.73 Å². The summed E-state index contributed by atoms with van der Waals surface area (Å²) in [4.78, 5) is 0. The normalized spacial score (nSPS) is 11.8. The second kappa shape index (κ2) is 5.87. The second-order valence-electron chi connectivity index (χ2n) is 4.56. The number of halogens is 1. The van der Waals surface area contributed by atoms with Gasteiger partial charge in [-0.05, 0) is 45.4 Å². The van der Waals surface area contributed by atoms with E-state index in [1.165, 1.54) is 0 Å². The first-order valence-corrected chi connectivity index (χ1v) is 6.18. The fraction of sp³-hybridized carbons (Fsp3) is 0.267. The van der Waals surface area contributed by atoms with Crippen LogP contribution in [0.1, 0.15) is 33.3 Å². The third-order valence-electron chi connectivity index (χ3n) is 2.90. The molecule has 1 rings (SSSR count). The van der Waals surface area contributed by atoms with E-state index in [0.29, 0.717) is 16.4 Å². The molecule has 18 heavy (non-hydrogen) atoms. The van der Waals surface area contributed by atoms with Gasteiger partial charge in [0.1, 0.15) is 0 Å². The maximum atomic E-state index is 8.30. The van der Waals surface area contributed by atoms with E-state index in [2.05, 4.69) is 0 Å². The van der Waals surface area contributed by atoms with Crippen LogP contribution in [0, 0.1) is 5.41 Å². The molecule has 0 aliphatic rings. The first kappa shape index (κ1) is 14.5. The van der Waals surface area contributed by atoms with Crippen LogP contribution in [0.3, 0.4) is 0 Å². The Balaban J connectivity index is 3.27. The Labute approximate surface area is 114 Å². The molecule has 1 aromatic carbocycles. The van der Waals surface area contributed by atoms with Crippen molar-refractivity contribution < 1.29 is 0 Å². The van der Waals surface area contributed by atoms with E-state index in [4.69, 9.17) is 22.7 Å². The molecule has 0 spiro atoms. The maximum absolute atomic E-state index is 8.30. The van der Waals surface area contributed by atoms with E-state index in [1.807, 2.05) is 39.8 Å². The van der Waals surface area contributed by atoms with Gasteiger partial charge in [0.25, 0.3) is 0 Å². The number of nitrogens with one attached hydrogen (secondary N) is 1. The van der Waals surface area contributed by atoms with Gasteiger partial charge in [0, 0.05) is 21.9 Å². The minimum absolute atomic E-state index is 0.436. The zero-order chi connectivity index (χ0) is 13.9. The Morgan fingerprint density at radius 2 is 1.56 bits per heavy atom. The van der Waals surface area contributed by atoms with Gasteiger partial charge in [-0.3, -0.25) is 5.41 Å². The summed E-state index contributed by atoms with van der Waals surface area (Å²) in [6.45, 7) is 7.86. The summed E-state index contributed by atoms with van der Waals surface area (Å²) in [5, 5.41) is 8.96. The van der Waals surface area contributed by atoms with Crippen molar-refractivity contribution in [2.75, 3.05) is 0 Å². The number of rotatable bonds is 3. The number of allylic oxidation sites excluding steroid dienone is 4. The standard InChI is InChI=1S/C15H19ClN2/c1-9(2)10(3)14(11(4)17)15(18)12-5-7-13(16)8-6-12/h5-8,18H,17H2,1-4H3/b14-11-,18-15?. The van der Waals surface area contributed by atoms with E-state index in [-0.39, 0.29) is 0 Å². The van der Waals surface area contributed by atoms with Gasteiger partial charge in [0.15, 0.2) is 0 Å². The summed E-state index contributed by atoms with van der Waals surface area (Å²) < 4.78 is 0. The predicted octanol–water partition coefficient (Wildman–Crippen LogP) is 4.30. The van der Waals surface area contributed by atoms with Crippen LogP contribution in [0.25, 0.3) is 0 Å². The lowest BCUT2D eigenvalue weighted by Gasteiger charge is -2.14. The van der Waals surface area contributed by atoms with Gasteiger partial charge >= 0.3 is 0 Å². The molecule has 2 nitrogen and oxygen atoms in total. The lowest BCUT2D eigenvalue weighted by Crippen LogP contribution is -2.11. The molecule has 96 valence electrons. The second-order valence-corrected chi connectivity index (χ2v) is 5.00. The first-order chi connectivity index (χ1) is 8.34. The smallest absolute Gasteiger partial charge is 0.0704 e. The molecule has 1 aromatic rings. The minimum atomic E-state index is 0.436. The molecule has 0 saturated carbocycles. The van der Waals surface area contributed by atoms with Crippen LogP contribution < -0.4 is 5.73 Å². The van der Waals surface area contributed by atoms with Crippen LogP contribution in [-0.4, -0.2) is 5.71 Å². The third kappa shape index (κ3) is 3.23. The number of hydrogen-bond acceptors (Lipinski definition) is 2. The van der Waals surface area contributed by atoms with Gasteiger partial charge in [0.2, 0.25) is 0 Å². The van der Waals surface area contributed by atoms with Crippen LogP contribution in [-0.2, 0) is 0 Å². The molecule has 0 atom stereocenters. The predicted molar refractivity (Wildman–Crippen MR) is 79.2 cm³/mol. The molecular formula is C15H19ClN2. The van der Waals surface area contributed by atoms with Crippen LogP contribution in [0.2, 0.25) is 5.02 Å². The summed E-state index contributed by atoms with van der Waals surface area (Å²) in [7, 11) is 0. The molecule has 3 N–H and O–H groups in total. The fourth-order valence-corrected chi connectivity index (χ4v) is 1.82. The van der Waals surface area contributed by atoms with E-state index >= 15 is 0 Å². The van der Waals surface area contributed by atoms with Gasteiger partial charge in [0.05, 0.1) is 5.71 Å². The Kier molecular flexibility index (Phi) is 4.74. The quantitative estimate of drug-likeness (QED) is 0.619. The van der Waals surface area contributed by atoms with Crippen molar-refractivity contribution in [3.05, 3.63) is 57.3 Å². The largest absolute Gasteiger partial charge is 0.402 e. The highest BCUT2D eigenvalue weighted by atomic mass is 35.5. The van der Waals surface area contributed by atoms with E-state index < -0.39 is 0 Å². The lowest BCUT2D eigenvalue weighted by molar-refractivity contribution is 1.19. The zero-order valence-electron chi connectivity index (χ0n) is 11.3. The highest BCUT2D eigenvalue weighted by Crippen LogP contribution is 2.22. The SMILES string of the molecule is CC(C)=C(C)/C(C(=N)c1ccc(Cl)cc1)=C(\C)N. The Morgan fingerprint density at radius 3 is 1.94 bits per heavy atom. The zero-order valence-corrected chi connectivity index (χ0v) is 12.0. The highest BCUT2D eigenvalue weighted by molar-refractivity contribution is 6.30. The van der Waals surface area contributed by atoms with Crippen LogP contribution in [0.5, 0.6) is 0 Å². The van der Waals surface area contributed by atoms with Crippen LogP contribution in [0.4, 0.5) is 0 Å². The summed E-state index contributed by atoms with van der Waals surface area (Å²) in [6, 6.07) is 7.25. The Morgan fingerprint density at radius 1 is 1.06 bits per heavy atom. The van der Waals surface area contributed by atoms with Crippen molar-refractivity contribution >= 4 is 17.3 Å². The summed E-state index contributed by atoms with van der Waals surface area (Å²) >= 11 is 5.85. The molecule has 0 aliphatic heterocycles. The van der Waals surface area contributed by atoms with E-state index in [1.54, 1.807) is 12.1 Å². The van der Waals surface area contributed by atoms with Crippen molar-refractivity contribution in [3.63, 3.8) is 0 Å². The molecule has 0 bridgehead atoms. The molecule has 0 heterocycles. The van der Waals surface area contributed by atoms with Gasteiger partial charge in [-0.15, -0.1) is 0 Å². The number of benzene rings is 1. The fourth-order valence-electron chi connectivity index (χ4n) is 1.69. The van der Waals surface area contributed by atoms with Gasteiger partial charge in [-0.25, -0.2) is 0 Å². The average Bonchev–Trinajstić information content (AvgIpc) is 2.29. The number of nitrogens with two attached hydrogens (primary N) is 1. The van der Waals surface area contributed by atoms with Crippen LogP contribution >= 0.6 is 11.6 Å². The van der Waals surface area contributed by atoms with Crippen molar-refractivity contribution in [1.82, 2.24) is 0 Å². The van der Waals surface area contributed by atoms with Crippen molar-refractivity contribution in [2.45, 2.75) is 27.7 Å². The van der Waals surface area contributed by atoms with Gasteiger partial charge in [-0.2, -0.15) is 0 Å². The van der Waals surface area contributed by atoms with Gasteiger partial charge < -0.3 is 5.73 Å².